The zero-order valence-corrected chi connectivity index (χ0v) is 15.5. The summed E-state index contributed by atoms with van der Waals surface area (Å²) < 4.78 is 5.04. The molecule has 0 saturated carbocycles. The summed E-state index contributed by atoms with van der Waals surface area (Å²) in [5.41, 5.74) is 2.56. The minimum atomic E-state index is -0.109. The van der Waals surface area contributed by atoms with Crippen LogP contribution in [0.3, 0.4) is 0 Å². The van der Waals surface area contributed by atoms with Crippen LogP contribution in [0.4, 0.5) is 0 Å². The molecule has 1 aliphatic rings. The number of rotatable bonds is 8. The molecular weight excluding hydrogens is 316 g/mol. The minimum absolute atomic E-state index is 0.109. The van der Waals surface area contributed by atoms with Gasteiger partial charge in [-0.05, 0) is 30.4 Å². The molecule has 25 heavy (non-hydrogen) atoms. The fourth-order valence-corrected chi connectivity index (χ4v) is 2.93. The Bertz CT molecular complexity index is 511. The first-order valence-corrected chi connectivity index (χ1v) is 9.13. The van der Waals surface area contributed by atoms with Crippen molar-refractivity contribution >= 4 is 5.96 Å². The standard InChI is InChI=1S/C19H32N4O2/c1-20-19(21-10-3-13-25-2)22-14-16-4-6-17(7-5-16)15-23-11-8-18(24)9-12-23/h4-7,18,24H,3,8-15H2,1-2H3,(H2,20,21,22). The van der Waals surface area contributed by atoms with E-state index in [-0.39, 0.29) is 6.10 Å². The molecule has 0 aromatic heterocycles. The molecule has 0 radical (unpaired) electrons. The second-order valence-electron chi connectivity index (χ2n) is 6.52. The largest absolute Gasteiger partial charge is 0.393 e. The van der Waals surface area contributed by atoms with Crippen LogP contribution in [0.5, 0.6) is 0 Å². The van der Waals surface area contributed by atoms with E-state index in [9.17, 15) is 5.11 Å². The molecular formula is C19H32N4O2. The van der Waals surface area contributed by atoms with Crippen molar-refractivity contribution in [2.24, 2.45) is 4.99 Å². The van der Waals surface area contributed by atoms with Crippen molar-refractivity contribution < 1.29 is 9.84 Å². The van der Waals surface area contributed by atoms with E-state index in [1.54, 1.807) is 14.2 Å². The number of guanidine groups is 1. The molecule has 0 unspecified atom stereocenters. The Morgan fingerprint density at radius 1 is 1.20 bits per heavy atom. The molecule has 1 saturated heterocycles. The quantitative estimate of drug-likeness (QED) is 0.376. The average Bonchev–Trinajstić information content (AvgIpc) is 2.64. The van der Waals surface area contributed by atoms with Crippen molar-refractivity contribution in [3.63, 3.8) is 0 Å². The lowest BCUT2D eigenvalue weighted by Gasteiger charge is -2.29. The van der Waals surface area contributed by atoms with Crippen LogP contribution in [-0.4, -0.2) is 62.5 Å². The van der Waals surface area contributed by atoms with Gasteiger partial charge < -0.3 is 20.5 Å². The second-order valence-corrected chi connectivity index (χ2v) is 6.52. The van der Waals surface area contributed by atoms with Crippen LogP contribution in [0.2, 0.25) is 0 Å². The van der Waals surface area contributed by atoms with E-state index in [0.29, 0.717) is 0 Å². The molecule has 6 heteroatoms. The number of likely N-dealkylation sites (tertiary alicyclic amines) is 1. The maximum absolute atomic E-state index is 9.58. The summed E-state index contributed by atoms with van der Waals surface area (Å²) in [5, 5.41) is 16.2. The molecule has 1 aromatic carbocycles. The third-order valence-corrected chi connectivity index (χ3v) is 4.49. The van der Waals surface area contributed by atoms with Crippen LogP contribution in [0, 0.1) is 0 Å². The number of benzene rings is 1. The van der Waals surface area contributed by atoms with Gasteiger partial charge in [0.05, 0.1) is 6.10 Å². The number of aliphatic hydroxyl groups is 1. The number of hydrogen-bond acceptors (Lipinski definition) is 4. The Hall–Kier alpha value is -1.63. The molecule has 6 nitrogen and oxygen atoms in total. The van der Waals surface area contributed by atoms with Gasteiger partial charge in [-0.1, -0.05) is 24.3 Å². The highest BCUT2D eigenvalue weighted by Crippen LogP contribution is 2.14. The van der Waals surface area contributed by atoms with E-state index in [2.05, 4.69) is 44.8 Å². The van der Waals surface area contributed by atoms with Crippen molar-refractivity contribution in [2.75, 3.05) is 40.4 Å². The molecule has 2 rings (SSSR count). The Kier molecular flexibility index (Phi) is 8.72. The number of hydrogen-bond donors (Lipinski definition) is 3. The lowest BCUT2D eigenvalue weighted by molar-refractivity contribution is 0.0792. The molecule has 0 atom stereocenters. The van der Waals surface area contributed by atoms with E-state index >= 15 is 0 Å². The van der Waals surface area contributed by atoms with Gasteiger partial charge in [-0.3, -0.25) is 9.89 Å². The summed E-state index contributed by atoms with van der Waals surface area (Å²) in [7, 11) is 3.50. The van der Waals surface area contributed by atoms with Gasteiger partial charge >= 0.3 is 0 Å². The zero-order chi connectivity index (χ0) is 17.9. The monoisotopic (exact) mass is 348 g/mol. The van der Waals surface area contributed by atoms with E-state index in [0.717, 1.165) is 64.6 Å². The van der Waals surface area contributed by atoms with Gasteiger partial charge in [0.25, 0.3) is 0 Å². The Balaban J connectivity index is 1.72. The smallest absolute Gasteiger partial charge is 0.191 e. The average molecular weight is 348 g/mol. The number of nitrogens with zero attached hydrogens (tertiary/aromatic N) is 2. The molecule has 140 valence electrons. The van der Waals surface area contributed by atoms with Crippen molar-refractivity contribution in [2.45, 2.75) is 38.5 Å². The van der Waals surface area contributed by atoms with Crippen molar-refractivity contribution in [3.8, 4) is 0 Å². The van der Waals surface area contributed by atoms with E-state index in [4.69, 9.17) is 4.74 Å². The summed E-state index contributed by atoms with van der Waals surface area (Å²) in [5.74, 6) is 0.812. The summed E-state index contributed by atoms with van der Waals surface area (Å²) >= 11 is 0. The first-order chi connectivity index (χ1) is 12.2. The van der Waals surface area contributed by atoms with Gasteiger partial charge in [-0.15, -0.1) is 0 Å². The van der Waals surface area contributed by atoms with Crippen molar-refractivity contribution in [1.82, 2.24) is 15.5 Å². The summed E-state index contributed by atoms with van der Waals surface area (Å²) in [6.45, 7) is 5.27. The Morgan fingerprint density at radius 3 is 2.52 bits per heavy atom. The van der Waals surface area contributed by atoms with Crippen LogP contribution < -0.4 is 10.6 Å². The number of methoxy groups -OCH3 is 1. The highest BCUT2D eigenvalue weighted by molar-refractivity contribution is 5.79. The SMILES string of the molecule is CN=C(NCCCOC)NCc1ccc(CN2CCC(O)CC2)cc1. The normalized spacial score (nSPS) is 16.8. The maximum Gasteiger partial charge on any atom is 0.191 e. The van der Waals surface area contributed by atoms with Crippen LogP contribution in [-0.2, 0) is 17.8 Å². The van der Waals surface area contributed by atoms with Crippen LogP contribution in [0.15, 0.2) is 29.3 Å². The van der Waals surface area contributed by atoms with E-state index in [1.807, 2.05) is 0 Å². The van der Waals surface area contributed by atoms with Crippen LogP contribution in [0.25, 0.3) is 0 Å². The first-order valence-electron chi connectivity index (χ1n) is 9.13. The Morgan fingerprint density at radius 2 is 1.88 bits per heavy atom. The third-order valence-electron chi connectivity index (χ3n) is 4.49. The molecule has 0 amide bonds. The van der Waals surface area contributed by atoms with Crippen molar-refractivity contribution in [1.29, 1.82) is 0 Å². The molecule has 1 heterocycles. The first kappa shape index (κ1) is 19.7. The van der Waals surface area contributed by atoms with Gasteiger partial charge in [0.2, 0.25) is 0 Å². The topological polar surface area (TPSA) is 69.1 Å². The number of aliphatic hydroxyl groups excluding tert-OH is 1. The number of aliphatic imine (C=N–C) groups is 1. The van der Waals surface area contributed by atoms with Crippen LogP contribution >= 0.6 is 0 Å². The van der Waals surface area contributed by atoms with E-state index < -0.39 is 0 Å². The maximum atomic E-state index is 9.58. The zero-order valence-electron chi connectivity index (χ0n) is 15.5. The molecule has 1 fully saturated rings. The van der Waals surface area contributed by atoms with E-state index in [1.165, 1.54) is 11.1 Å². The predicted octanol–water partition coefficient (Wildman–Crippen LogP) is 1.34. The third kappa shape index (κ3) is 7.42. The van der Waals surface area contributed by atoms with Crippen LogP contribution in [0.1, 0.15) is 30.4 Å². The molecule has 1 aromatic rings. The molecule has 3 N–H and O–H groups in total. The highest BCUT2D eigenvalue weighted by Gasteiger charge is 2.16. The fourth-order valence-electron chi connectivity index (χ4n) is 2.93. The molecule has 0 aliphatic carbocycles. The predicted molar refractivity (Wildman–Crippen MR) is 102 cm³/mol. The number of ether oxygens (including phenoxy) is 1. The van der Waals surface area contributed by atoms with Gasteiger partial charge in [0, 0.05) is 53.5 Å². The van der Waals surface area contributed by atoms with Gasteiger partial charge in [0.15, 0.2) is 5.96 Å². The summed E-state index contributed by atoms with van der Waals surface area (Å²) in [4.78, 5) is 6.64. The Labute approximate surface area is 151 Å². The van der Waals surface area contributed by atoms with Gasteiger partial charge in [0.1, 0.15) is 0 Å². The molecule has 0 bridgehead atoms. The second kappa shape index (κ2) is 11.1. The minimum Gasteiger partial charge on any atom is -0.393 e. The van der Waals surface area contributed by atoms with Gasteiger partial charge in [-0.25, -0.2) is 0 Å². The van der Waals surface area contributed by atoms with Gasteiger partial charge in [-0.2, -0.15) is 0 Å². The fraction of sp³-hybridized carbons (Fsp3) is 0.632. The lowest BCUT2D eigenvalue weighted by atomic mass is 10.1. The number of nitrogens with one attached hydrogen (secondary N) is 2. The lowest BCUT2D eigenvalue weighted by Crippen LogP contribution is -2.37. The number of piperidine rings is 1. The molecule has 0 spiro atoms. The summed E-state index contributed by atoms with van der Waals surface area (Å²) in [6, 6.07) is 8.71. The highest BCUT2D eigenvalue weighted by atomic mass is 16.5. The van der Waals surface area contributed by atoms with Crippen molar-refractivity contribution in [3.05, 3.63) is 35.4 Å². The summed E-state index contributed by atoms with van der Waals surface area (Å²) in [6.07, 6.45) is 2.62. The molecule has 1 aliphatic heterocycles.